The van der Waals surface area contributed by atoms with Crippen LogP contribution in [0.2, 0.25) is 0 Å². The Hall–Kier alpha value is -3.15. The standard InChI is InChI=1S/C17H16O6/c1-22-12-5-3-10(16(9-12)23-2)4-6-13(18)11-7-14(19)17(21)15(20)8-11/h3-9,19-21H,1-2H3/b6-4+. The molecule has 6 nitrogen and oxygen atoms in total. The van der Waals surface area contributed by atoms with Gasteiger partial charge in [0.15, 0.2) is 23.0 Å². The van der Waals surface area contributed by atoms with Crippen molar-refractivity contribution in [2.45, 2.75) is 0 Å². The van der Waals surface area contributed by atoms with Gasteiger partial charge in [-0.05, 0) is 36.4 Å². The number of methoxy groups -OCH3 is 2. The topological polar surface area (TPSA) is 96.2 Å². The van der Waals surface area contributed by atoms with Crippen LogP contribution in [0.1, 0.15) is 15.9 Å². The Balaban J connectivity index is 2.28. The van der Waals surface area contributed by atoms with Crippen molar-refractivity contribution in [2.75, 3.05) is 14.2 Å². The molecule has 0 unspecified atom stereocenters. The lowest BCUT2D eigenvalue weighted by Crippen LogP contribution is -1.95. The first-order valence-electron chi connectivity index (χ1n) is 6.65. The van der Waals surface area contributed by atoms with Crippen LogP contribution in [0.4, 0.5) is 0 Å². The first kappa shape index (κ1) is 16.2. The Kier molecular flexibility index (Phi) is 4.75. The van der Waals surface area contributed by atoms with Gasteiger partial charge in [-0.2, -0.15) is 0 Å². The van der Waals surface area contributed by atoms with Gasteiger partial charge in [-0.1, -0.05) is 0 Å². The summed E-state index contributed by atoms with van der Waals surface area (Å²) in [4.78, 5) is 12.1. The molecular weight excluding hydrogens is 300 g/mol. The number of ketones is 1. The lowest BCUT2D eigenvalue weighted by atomic mass is 10.1. The minimum Gasteiger partial charge on any atom is -0.504 e. The van der Waals surface area contributed by atoms with Gasteiger partial charge >= 0.3 is 0 Å². The molecule has 2 aromatic rings. The number of benzene rings is 2. The lowest BCUT2D eigenvalue weighted by molar-refractivity contribution is 0.104. The molecule has 120 valence electrons. The number of rotatable bonds is 5. The number of carbonyl (C=O) groups is 1. The molecule has 0 aliphatic heterocycles. The molecule has 0 aliphatic rings. The minimum absolute atomic E-state index is 0.0431. The van der Waals surface area contributed by atoms with Gasteiger partial charge in [0.25, 0.3) is 0 Å². The number of phenolic OH excluding ortho intramolecular Hbond substituents is 3. The van der Waals surface area contributed by atoms with Crippen LogP contribution >= 0.6 is 0 Å². The van der Waals surface area contributed by atoms with Gasteiger partial charge in [-0.3, -0.25) is 4.79 Å². The highest BCUT2D eigenvalue weighted by Crippen LogP contribution is 2.35. The third-order valence-corrected chi connectivity index (χ3v) is 3.21. The normalized spacial score (nSPS) is 10.7. The summed E-state index contributed by atoms with van der Waals surface area (Å²) in [5.41, 5.74) is 0.704. The SMILES string of the molecule is COc1ccc(/C=C/C(=O)c2cc(O)c(O)c(O)c2)c(OC)c1. The molecule has 0 aromatic heterocycles. The Bertz CT molecular complexity index is 741. The van der Waals surface area contributed by atoms with E-state index in [1.54, 1.807) is 24.3 Å². The molecule has 0 saturated heterocycles. The van der Waals surface area contributed by atoms with Crippen LogP contribution in [0.15, 0.2) is 36.4 Å². The van der Waals surface area contributed by atoms with E-state index in [4.69, 9.17) is 9.47 Å². The average Bonchev–Trinajstić information content (AvgIpc) is 2.56. The van der Waals surface area contributed by atoms with E-state index in [0.717, 1.165) is 12.1 Å². The van der Waals surface area contributed by atoms with E-state index in [-0.39, 0.29) is 5.56 Å². The molecule has 0 bridgehead atoms. The molecule has 6 heteroatoms. The number of aromatic hydroxyl groups is 3. The van der Waals surface area contributed by atoms with E-state index >= 15 is 0 Å². The zero-order chi connectivity index (χ0) is 17.0. The molecule has 0 amide bonds. The van der Waals surface area contributed by atoms with Crippen LogP contribution in [-0.2, 0) is 0 Å². The molecule has 0 fully saturated rings. The molecule has 2 aromatic carbocycles. The highest BCUT2D eigenvalue weighted by molar-refractivity contribution is 6.07. The van der Waals surface area contributed by atoms with Crippen LogP contribution in [0.5, 0.6) is 28.7 Å². The predicted octanol–water partition coefficient (Wildman–Crippen LogP) is 2.72. The van der Waals surface area contributed by atoms with Crippen molar-refractivity contribution in [1.82, 2.24) is 0 Å². The summed E-state index contributed by atoms with van der Waals surface area (Å²) in [6, 6.07) is 7.29. The van der Waals surface area contributed by atoms with Crippen LogP contribution in [0.3, 0.4) is 0 Å². The highest BCUT2D eigenvalue weighted by atomic mass is 16.5. The first-order valence-corrected chi connectivity index (χ1v) is 6.65. The summed E-state index contributed by atoms with van der Waals surface area (Å²) in [6.45, 7) is 0. The molecular formula is C17H16O6. The number of allylic oxidation sites excluding steroid dienone is 1. The Labute approximate surface area is 132 Å². The molecule has 23 heavy (non-hydrogen) atoms. The van der Waals surface area contributed by atoms with Crippen LogP contribution < -0.4 is 9.47 Å². The van der Waals surface area contributed by atoms with E-state index in [9.17, 15) is 20.1 Å². The van der Waals surface area contributed by atoms with E-state index in [1.807, 2.05) is 0 Å². The van der Waals surface area contributed by atoms with Gasteiger partial charge < -0.3 is 24.8 Å². The lowest BCUT2D eigenvalue weighted by Gasteiger charge is -2.07. The average molecular weight is 316 g/mol. The molecule has 0 spiro atoms. The van der Waals surface area contributed by atoms with E-state index in [1.165, 1.54) is 20.3 Å². The smallest absolute Gasteiger partial charge is 0.200 e. The monoisotopic (exact) mass is 316 g/mol. The quantitative estimate of drug-likeness (QED) is 0.446. The fourth-order valence-corrected chi connectivity index (χ4v) is 1.96. The van der Waals surface area contributed by atoms with Crippen molar-refractivity contribution in [2.24, 2.45) is 0 Å². The largest absolute Gasteiger partial charge is 0.504 e. The molecule has 0 radical (unpaired) electrons. The summed E-state index contributed by atoms with van der Waals surface area (Å²) in [5.74, 6) is -1.09. The molecule has 0 heterocycles. The summed E-state index contributed by atoms with van der Waals surface area (Å²) < 4.78 is 10.3. The third kappa shape index (κ3) is 3.55. The Morgan fingerprint density at radius 1 is 1.00 bits per heavy atom. The van der Waals surface area contributed by atoms with E-state index in [2.05, 4.69) is 0 Å². The van der Waals surface area contributed by atoms with Gasteiger partial charge in [0.1, 0.15) is 11.5 Å². The maximum Gasteiger partial charge on any atom is 0.200 e. The Morgan fingerprint density at radius 2 is 1.65 bits per heavy atom. The Morgan fingerprint density at radius 3 is 2.22 bits per heavy atom. The summed E-state index contributed by atoms with van der Waals surface area (Å²) in [6.07, 6.45) is 2.82. The van der Waals surface area contributed by atoms with Crippen molar-refractivity contribution in [3.63, 3.8) is 0 Å². The van der Waals surface area contributed by atoms with Gasteiger partial charge in [0.05, 0.1) is 14.2 Å². The van der Waals surface area contributed by atoms with Gasteiger partial charge in [0.2, 0.25) is 0 Å². The second kappa shape index (κ2) is 6.74. The van der Waals surface area contributed by atoms with Crippen LogP contribution in [0, 0.1) is 0 Å². The van der Waals surface area contributed by atoms with Crippen molar-refractivity contribution in [3.8, 4) is 28.7 Å². The zero-order valence-electron chi connectivity index (χ0n) is 12.6. The molecule has 3 N–H and O–H groups in total. The van der Waals surface area contributed by atoms with Gasteiger partial charge in [-0.25, -0.2) is 0 Å². The second-order valence-corrected chi connectivity index (χ2v) is 4.67. The highest BCUT2D eigenvalue weighted by Gasteiger charge is 2.12. The second-order valence-electron chi connectivity index (χ2n) is 4.67. The van der Waals surface area contributed by atoms with Gasteiger partial charge in [0, 0.05) is 17.2 Å². The number of hydrogen-bond donors (Lipinski definition) is 3. The van der Waals surface area contributed by atoms with E-state index < -0.39 is 23.0 Å². The summed E-state index contributed by atoms with van der Waals surface area (Å²) in [7, 11) is 3.04. The number of carbonyl (C=O) groups excluding carboxylic acids is 1. The third-order valence-electron chi connectivity index (χ3n) is 3.21. The maximum atomic E-state index is 12.1. The van der Waals surface area contributed by atoms with Crippen molar-refractivity contribution >= 4 is 11.9 Å². The predicted molar refractivity (Wildman–Crippen MR) is 84.3 cm³/mol. The van der Waals surface area contributed by atoms with Crippen molar-refractivity contribution in [3.05, 3.63) is 47.5 Å². The molecule has 0 atom stereocenters. The fraction of sp³-hybridized carbons (Fsp3) is 0.118. The van der Waals surface area contributed by atoms with Crippen LogP contribution in [0.25, 0.3) is 6.08 Å². The van der Waals surface area contributed by atoms with Gasteiger partial charge in [-0.15, -0.1) is 0 Å². The van der Waals surface area contributed by atoms with Crippen molar-refractivity contribution in [1.29, 1.82) is 0 Å². The van der Waals surface area contributed by atoms with Crippen LogP contribution in [-0.4, -0.2) is 35.3 Å². The molecule has 0 aliphatic carbocycles. The van der Waals surface area contributed by atoms with Crippen molar-refractivity contribution < 1.29 is 29.6 Å². The number of ether oxygens (including phenoxy) is 2. The molecule has 0 saturated carbocycles. The summed E-state index contributed by atoms with van der Waals surface area (Å²) >= 11 is 0. The number of phenols is 3. The maximum absolute atomic E-state index is 12.1. The zero-order valence-corrected chi connectivity index (χ0v) is 12.6. The minimum atomic E-state index is -0.664. The first-order chi connectivity index (χ1) is 11.0. The number of hydrogen-bond acceptors (Lipinski definition) is 6. The molecule has 2 rings (SSSR count). The van der Waals surface area contributed by atoms with E-state index in [0.29, 0.717) is 17.1 Å². The summed E-state index contributed by atoms with van der Waals surface area (Å²) in [5, 5.41) is 28.1. The fourth-order valence-electron chi connectivity index (χ4n) is 1.96.